The van der Waals surface area contributed by atoms with E-state index in [4.69, 9.17) is 0 Å². The van der Waals surface area contributed by atoms with Crippen LogP contribution in [0.2, 0.25) is 0 Å². The van der Waals surface area contributed by atoms with Gasteiger partial charge in [0.2, 0.25) is 0 Å². The van der Waals surface area contributed by atoms with E-state index in [1.165, 1.54) is 39.0 Å². The van der Waals surface area contributed by atoms with E-state index >= 15 is 0 Å². The van der Waals surface area contributed by atoms with Crippen LogP contribution in [0.5, 0.6) is 0 Å². The molecule has 3 heterocycles. The zero-order valence-electron chi connectivity index (χ0n) is 14.6. The van der Waals surface area contributed by atoms with Crippen LogP contribution in [0.15, 0.2) is 67.0 Å². The minimum Gasteiger partial charge on any atom is -0.317 e. The maximum Gasteiger partial charge on any atom is 0.0703 e. The molecule has 26 heavy (non-hydrogen) atoms. The van der Waals surface area contributed by atoms with E-state index in [2.05, 4.69) is 81.4 Å². The number of fused-ring (bicyclic) bond motifs is 2. The standard InChI is InChI=1S/C22H21N3S/c1-3-16(13-18-15-26-12-10-23-18)20-8-11-25(22(20)5-1)19-6-7-21-17(14-19)4-2-9-24-21/h1-9,11,14,18,23H,10,12-13,15H2. The predicted octanol–water partition coefficient (Wildman–Crippen LogP) is 4.43. The smallest absolute Gasteiger partial charge is 0.0703 e. The van der Waals surface area contributed by atoms with Crippen molar-refractivity contribution in [3.05, 3.63) is 72.6 Å². The van der Waals surface area contributed by atoms with Gasteiger partial charge in [0.15, 0.2) is 0 Å². The molecular weight excluding hydrogens is 338 g/mol. The summed E-state index contributed by atoms with van der Waals surface area (Å²) in [4.78, 5) is 4.43. The molecule has 0 radical (unpaired) electrons. The van der Waals surface area contributed by atoms with Crippen LogP contribution in [0.1, 0.15) is 5.56 Å². The van der Waals surface area contributed by atoms with E-state index < -0.39 is 0 Å². The Balaban J connectivity index is 1.55. The Hall–Kier alpha value is -2.30. The van der Waals surface area contributed by atoms with Crippen LogP contribution in [-0.4, -0.2) is 33.6 Å². The number of thioether (sulfide) groups is 1. The average Bonchev–Trinajstić information content (AvgIpc) is 3.14. The number of nitrogens with zero attached hydrogens (tertiary/aromatic N) is 2. The molecule has 1 aliphatic heterocycles. The summed E-state index contributed by atoms with van der Waals surface area (Å²) in [6.07, 6.45) is 5.13. The quantitative estimate of drug-likeness (QED) is 0.587. The van der Waals surface area contributed by atoms with Crippen molar-refractivity contribution in [2.75, 3.05) is 18.1 Å². The van der Waals surface area contributed by atoms with Gasteiger partial charge in [0.05, 0.1) is 11.0 Å². The molecule has 1 atom stereocenters. The summed E-state index contributed by atoms with van der Waals surface area (Å²) in [6, 6.07) is 20.1. The van der Waals surface area contributed by atoms with Crippen molar-refractivity contribution in [3.8, 4) is 5.69 Å². The van der Waals surface area contributed by atoms with E-state index in [0.717, 1.165) is 18.5 Å². The highest BCUT2D eigenvalue weighted by Crippen LogP contribution is 2.27. The van der Waals surface area contributed by atoms with Gasteiger partial charge in [-0.15, -0.1) is 0 Å². The molecule has 0 bridgehead atoms. The van der Waals surface area contributed by atoms with E-state index in [1.54, 1.807) is 0 Å². The Morgan fingerprint density at radius 2 is 2.12 bits per heavy atom. The number of pyridine rings is 1. The van der Waals surface area contributed by atoms with Crippen molar-refractivity contribution < 1.29 is 0 Å². The molecule has 1 unspecified atom stereocenters. The predicted molar refractivity (Wildman–Crippen MR) is 111 cm³/mol. The van der Waals surface area contributed by atoms with Crippen LogP contribution in [-0.2, 0) is 6.42 Å². The van der Waals surface area contributed by atoms with Crippen molar-refractivity contribution in [1.82, 2.24) is 14.9 Å². The minimum absolute atomic E-state index is 0.578. The van der Waals surface area contributed by atoms with Gasteiger partial charge >= 0.3 is 0 Å². The van der Waals surface area contributed by atoms with E-state index in [9.17, 15) is 0 Å². The van der Waals surface area contributed by atoms with Crippen LogP contribution >= 0.6 is 11.8 Å². The van der Waals surface area contributed by atoms with Gasteiger partial charge in [-0.25, -0.2) is 0 Å². The molecule has 4 heteroatoms. The molecule has 3 nitrogen and oxygen atoms in total. The zero-order chi connectivity index (χ0) is 17.3. The topological polar surface area (TPSA) is 29.9 Å². The summed E-state index contributed by atoms with van der Waals surface area (Å²) in [6.45, 7) is 1.12. The van der Waals surface area contributed by atoms with Gasteiger partial charge in [-0.05, 0) is 48.4 Å². The van der Waals surface area contributed by atoms with Crippen LogP contribution < -0.4 is 5.32 Å². The Labute approximate surface area is 157 Å². The van der Waals surface area contributed by atoms with Gasteiger partial charge < -0.3 is 9.88 Å². The Bertz CT molecular complexity index is 1060. The number of benzene rings is 2. The second-order valence-electron chi connectivity index (χ2n) is 6.85. The Morgan fingerprint density at radius 3 is 3.04 bits per heavy atom. The fraction of sp³-hybridized carbons (Fsp3) is 0.227. The SMILES string of the molecule is c1cnc2ccc(-n3ccc4c(CC5CSCCN5)cccc43)cc2c1. The maximum absolute atomic E-state index is 4.43. The lowest BCUT2D eigenvalue weighted by Gasteiger charge is -2.23. The lowest BCUT2D eigenvalue weighted by atomic mass is 10.0. The molecular formula is C22H21N3S. The summed E-state index contributed by atoms with van der Waals surface area (Å²) in [5.74, 6) is 2.43. The summed E-state index contributed by atoms with van der Waals surface area (Å²) in [5.41, 5.74) is 4.93. The van der Waals surface area contributed by atoms with Gasteiger partial charge in [0, 0.05) is 52.9 Å². The average molecular weight is 359 g/mol. The summed E-state index contributed by atoms with van der Waals surface area (Å²) in [5, 5.41) is 6.19. The molecule has 130 valence electrons. The molecule has 0 saturated carbocycles. The van der Waals surface area contributed by atoms with Gasteiger partial charge in [0.25, 0.3) is 0 Å². The first-order valence-corrected chi connectivity index (χ1v) is 10.3. The zero-order valence-corrected chi connectivity index (χ0v) is 15.4. The molecule has 2 aromatic carbocycles. The van der Waals surface area contributed by atoms with Gasteiger partial charge in [-0.3, -0.25) is 4.98 Å². The second-order valence-corrected chi connectivity index (χ2v) is 8.00. The van der Waals surface area contributed by atoms with Gasteiger partial charge in [-0.2, -0.15) is 11.8 Å². The molecule has 4 aromatic rings. The molecule has 0 spiro atoms. The van der Waals surface area contributed by atoms with Crippen molar-refractivity contribution >= 4 is 33.6 Å². The second kappa shape index (κ2) is 6.78. The molecule has 5 rings (SSSR count). The number of nitrogens with one attached hydrogen (secondary N) is 1. The molecule has 0 amide bonds. The summed E-state index contributed by atoms with van der Waals surface area (Å²) >= 11 is 2.06. The molecule has 1 N–H and O–H groups in total. The first-order chi connectivity index (χ1) is 12.9. The highest BCUT2D eigenvalue weighted by molar-refractivity contribution is 7.99. The number of aromatic nitrogens is 2. The Kier molecular flexibility index (Phi) is 4.15. The lowest BCUT2D eigenvalue weighted by molar-refractivity contribution is 0.564. The maximum atomic E-state index is 4.43. The van der Waals surface area contributed by atoms with Crippen LogP contribution in [0, 0.1) is 0 Å². The van der Waals surface area contributed by atoms with Gasteiger partial charge in [0.1, 0.15) is 0 Å². The van der Waals surface area contributed by atoms with E-state index in [0.29, 0.717) is 6.04 Å². The monoisotopic (exact) mass is 359 g/mol. The normalized spacial score (nSPS) is 17.8. The van der Waals surface area contributed by atoms with Crippen molar-refractivity contribution in [1.29, 1.82) is 0 Å². The molecule has 0 aliphatic carbocycles. The molecule has 1 fully saturated rings. The highest BCUT2D eigenvalue weighted by atomic mass is 32.2. The molecule has 2 aromatic heterocycles. The van der Waals surface area contributed by atoms with E-state index in [-0.39, 0.29) is 0 Å². The fourth-order valence-electron chi connectivity index (χ4n) is 3.86. The third-order valence-corrected chi connectivity index (χ3v) is 6.28. The number of hydrogen-bond donors (Lipinski definition) is 1. The third kappa shape index (κ3) is 2.89. The minimum atomic E-state index is 0.578. The van der Waals surface area contributed by atoms with Crippen molar-refractivity contribution in [3.63, 3.8) is 0 Å². The third-order valence-electron chi connectivity index (χ3n) is 5.15. The summed E-state index contributed by atoms with van der Waals surface area (Å²) < 4.78 is 2.29. The Morgan fingerprint density at radius 1 is 1.12 bits per heavy atom. The van der Waals surface area contributed by atoms with Crippen LogP contribution in [0.4, 0.5) is 0 Å². The number of rotatable bonds is 3. The summed E-state index contributed by atoms with van der Waals surface area (Å²) in [7, 11) is 0. The molecule has 1 aliphatic rings. The number of hydrogen-bond acceptors (Lipinski definition) is 3. The first kappa shape index (κ1) is 15.9. The molecule has 1 saturated heterocycles. The first-order valence-electron chi connectivity index (χ1n) is 9.14. The van der Waals surface area contributed by atoms with Gasteiger partial charge in [-0.1, -0.05) is 18.2 Å². The van der Waals surface area contributed by atoms with Crippen LogP contribution in [0.3, 0.4) is 0 Å². The fourth-order valence-corrected chi connectivity index (χ4v) is 4.81. The van der Waals surface area contributed by atoms with Crippen LogP contribution in [0.25, 0.3) is 27.5 Å². The van der Waals surface area contributed by atoms with E-state index in [1.807, 2.05) is 12.3 Å². The highest BCUT2D eigenvalue weighted by Gasteiger charge is 2.15. The van der Waals surface area contributed by atoms with Crippen molar-refractivity contribution in [2.24, 2.45) is 0 Å². The lowest BCUT2D eigenvalue weighted by Crippen LogP contribution is -2.38. The van der Waals surface area contributed by atoms with Crippen molar-refractivity contribution in [2.45, 2.75) is 12.5 Å². The largest absolute Gasteiger partial charge is 0.317 e.